The SMILES string of the molecule is O=C(O)c1cc(NC(=O)c2cccs2)cc(-c2ccc(C3CCNCC3)cc2)c1. The number of benzene rings is 2. The molecular formula is C23H22N2O3S. The van der Waals surface area contributed by atoms with Crippen LogP contribution in [0.1, 0.15) is 44.4 Å². The molecule has 0 radical (unpaired) electrons. The first-order chi connectivity index (χ1) is 14.1. The molecule has 3 aromatic rings. The lowest BCUT2D eigenvalue weighted by molar-refractivity contribution is 0.0696. The van der Waals surface area contributed by atoms with Crippen LogP contribution in [0.2, 0.25) is 0 Å². The van der Waals surface area contributed by atoms with E-state index in [1.165, 1.54) is 23.0 Å². The third-order valence-electron chi connectivity index (χ3n) is 5.24. The maximum absolute atomic E-state index is 12.4. The van der Waals surface area contributed by atoms with Gasteiger partial charge in [-0.1, -0.05) is 30.3 Å². The van der Waals surface area contributed by atoms with Crippen LogP contribution in [0.4, 0.5) is 5.69 Å². The van der Waals surface area contributed by atoms with Crippen molar-refractivity contribution in [1.29, 1.82) is 0 Å². The van der Waals surface area contributed by atoms with Crippen molar-refractivity contribution in [2.45, 2.75) is 18.8 Å². The van der Waals surface area contributed by atoms with Crippen LogP contribution in [0.15, 0.2) is 60.0 Å². The summed E-state index contributed by atoms with van der Waals surface area (Å²) in [6.07, 6.45) is 2.26. The average molecular weight is 407 g/mol. The van der Waals surface area contributed by atoms with Gasteiger partial charge in [-0.15, -0.1) is 11.3 Å². The fourth-order valence-corrected chi connectivity index (χ4v) is 4.31. The zero-order valence-electron chi connectivity index (χ0n) is 15.9. The van der Waals surface area contributed by atoms with Crippen LogP contribution in [0.3, 0.4) is 0 Å². The number of aromatic carboxylic acids is 1. The molecular weight excluding hydrogens is 384 g/mol. The van der Waals surface area contributed by atoms with Gasteiger partial charge in [-0.2, -0.15) is 0 Å². The quantitative estimate of drug-likeness (QED) is 0.567. The highest BCUT2D eigenvalue weighted by atomic mass is 32.1. The standard InChI is InChI=1S/C23H22N2O3S/c26-22(21-2-1-11-29-21)25-20-13-18(12-19(14-20)23(27)28)16-5-3-15(4-6-16)17-7-9-24-10-8-17/h1-6,11-14,17,24H,7-10H2,(H,25,26)(H,27,28). The molecule has 5 nitrogen and oxygen atoms in total. The van der Waals surface area contributed by atoms with Crippen LogP contribution in [-0.4, -0.2) is 30.1 Å². The summed E-state index contributed by atoms with van der Waals surface area (Å²) in [6, 6.07) is 16.8. The van der Waals surface area contributed by atoms with Crippen molar-refractivity contribution in [3.8, 4) is 11.1 Å². The first-order valence-corrected chi connectivity index (χ1v) is 10.5. The second-order valence-electron chi connectivity index (χ2n) is 7.18. The summed E-state index contributed by atoms with van der Waals surface area (Å²) in [5.41, 5.74) is 3.63. The van der Waals surface area contributed by atoms with Gasteiger partial charge < -0.3 is 15.7 Å². The van der Waals surface area contributed by atoms with Crippen molar-refractivity contribution in [1.82, 2.24) is 5.32 Å². The van der Waals surface area contributed by atoms with Gasteiger partial charge in [-0.05, 0) is 78.2 Å². The molecule has 2 aromatic carbocycles. The van der Waals surface area contributed by atoms with Crippen LogP contribution < -0.4 is 10.6 Å². The first-order valence-electron chi connectivity index (χ1n) is 9.64. The van der Waals surface area contributed by atoms with Crippen LogP contribution in [0.25, 0.3) is 11.1 Å². The van der Waals surface area contributed by atoms with E-state index >= 15 is 0 Å². The predicted molar refractivity (Wildman–Crippen MR) is 116 cm³/mol. The molecule has 0 bridgehead atoms. The Morgan fingerprint density at radius 3 is 2.41 bits per heavy atom. The van der Waals surface area contributed by atoms with Crippen molar-refractivity contribution in [3.05, 3.63) is 76.0 Å². The lowest BCUT2D eigenvalue weighted by Gasteiger charge is -2.23. The predicted octanol–water partition coefficient (Wildman–Crippen LogP) is 4.83. The molecule has 4 rings (SSSR count). The summed E-state index contributed by atoms with van der Waals surface area (Å²) in [4.78, 5) is 24.5. The van der Waals surface area contributed by atoms with E-state index in [0.29, 0.717) is 16.5 Å². The Bertz CT molecular complexity index is 1010. The lowest BCUT2D eigenvalue weighted by Crippen LogP contribution is -2.26. The number of hydrogen-bond acceptors (Lipinski definition) is 4. The Labute approximate surface area is 173 Å². The minimum atomic E-state index is -1.02. The van der Waals surface area contributed by atoms with Gasteiger partial charge in [0.25, 0.3) is 5.91 Å². The minimum Gasteiger partial charge on any atom is -0.478 e. The van der Waals surface area contributed by atoms with Gasteiger partial charge in [-0.25, -0.2) is 4.79 Å². The number of piperidine rings is 1. The number of carboxylic acids is 1. The Balaban J connectivity index is 1.61. The van der Waals surface area contributed by atoms with Crippen molar-refractivity contribution < 1.29 is 14.7 Å². The highest BCUT2D eigenvalue weighted by molar-refractivity contribution is 7.12. The molecule has 0 spiro atoms. The molecule has 148 valence electrons. The van der Waals surface area contributed by atoms with E-state index in [1.54, 1.807) is 12.1 Å². The molecule has 1 amide bonds. The van der Waals surface area contributed by atoms with Gasteiger partial charge in [0, 0.05) is 5.69 Å². The Morgan fingerprint density at radius 2 is 1.76 bits per heavy atom. The number of thiophene rings is 1. The Hall–Kier alpha value is -2.96. The van der Waals surface area contributed by atoms with Crippen LogP contribution in [-0.2, 0) is 0 Å². The summed E-state index contributed by atoms with van der Waals surface area (Å²) in [5.74, 6) is -0.698. The van der Waals surface area contributed by atoms with E-state index < -0.39 is 5.97 Å². The second-order valence-corrected chi connectivity index (χ2v) is 8.13. The van der Waals surface area contributed by atoms with E-state index in [0.717, 1.165) is 37.1 Å². The molecule has 29 heavy (non-hydrogen) atoms. The van der Waals surface area contributed by atoms with E-state index in [2.05, 4.69) is 22.8 Å². The number of anilines is 1. The highest BCUT2D eigenvalue weighted by Crippen LogP contribution is 2.30. The number of carbonyl (C=O) groups excluding carboxylic acids is 1. The summed E-state index contributed by atoms with van der Waals surface area (Å²) < 4.78 is 0. The van der Waals surface area contributed by atoms with Crippen molar-refractivity contribution in [2.24, 2.45) is 0 Å². The Morgan fingerprint density at radius 1 is 1.00 bits per heavy atom. The van der Waals surface area contributed by atoms with E-state index in [4.69, 9.17) is 0 Å². The molecule has 1 aliphatic rings. The number of amides is 1. The first kappa shape index (κ1) is 19.4. The maximum atomic E-state index is 12.4. The topological polar surface area (TPSA) is 78.4 Å². The minimum absolute atomic E-state index is 0.145. The molecule has 1 saturated heterocycles. The molecule has 2 heterocycles. The van der Waals surface area contributed by atoms with Crippen molar-refractivity contribution in [3.63, 3.8) is 0 Å². The van der Waals surface area contributed by atoms with Gasteiger partial charge in [0.2, 0.25) is 0 Å². The molecule has 6 heteroatoms. The monoisotopic (exact) mass is 406 g/mol. The van der Waals surface area contributed by atoms with Gasteiger partial charge in [0.05, 0.1) is 10.4 Å². The third-order valence-corrected chi connectivity index (χ3v) is 6.11. The largest absolute Gasteiger partial charge is 0.478 e. The Kier molecular flexibility index (Phi) is 5.74. The van der Waals surface area contributed by atoms with Crippen molar-refractivity contribution in [2.75, 3.05) is 18.4 Å². The molecule has 0 unspecified atom stereocenters. The molecule has 1 aliphatic heterocycles. The van der Waals surface area contributed by atoms with Crippen LogP contribution in [0.5, 0.6) is 0 Å². The fraction of sp³-hybridized carbons (Fsp3) is 0.217. The number of carboxylic acid groups (broad SMARTS) is 1. The highest BCUT2D eigenvalue weighted by Gasteiger charge is 2.16. The molecule has 0 atom stereocenters. The molecule has 1 fully saturated rings. The number of hydrogen-bond donors (Lipinski definition) is 3. The normalized spacial score (nSPS) is 14.5. The third kappa shape index (κ3) is 4.55. The molecule has 0 saturated carbocycles. The maximum Gasteiger partial charge on any atom is 0.335 e. The number of nitrogens with one attached hydrogen (secondary N) is 2. The smallest absolute Gasteiger partial charge is 0.335 e. The van der Waals surface area contributed by atoms with E-state index in [-0.39, 0.29) is 11.5 Å². The molecule has 0 aliphatic carbocycles. The summed E-state index contributed by atoms with van der Waals surface area (Å²) in [6.45, 7) is 2.08. The van der Waals surface area contributed by atoms with Gasteiger partial charge in [-0.3, -0.25) is 4.79 Å². The number of carbonyl (C=O) groups is 2. The lowest BCUT2D eigenvalue weighted by atomic mass is 9.89. The summed E-state index contributed by atoms with van der Waals surface area (Å²) in [5, 5.41) is 17.5. The van der Waals surface area contributed by atoms with E-state index in [1.807, 2.05) is 29.6 Å². The zero-order valence-corrected chi connectivity index (χ0v) is 16.7. The van der Waals surface area contributed by atoms with Gasteiger partial charge in [0.1, 0.15) is 0 Å². The summed E-state index contributed by atoms with van der Waals surface area (Å²) >= 11 is 1.34. The molecule has 1 aromatic heterocycles. The van der Waals surface area contributed by atoms with E-state index in [9.17, 15) is 14.7 Å². The van der Waals surface area contributed by atoms with Gasteiger partial charge in [0.15, 0.2) is 0 Å². The van der Waals surface area contributed by atoms with Gasteiger partial charge >= 0.3 is 5.97 Å². The van der Waals surface area contributed by atoms with Crippen molar-refractivity contribution >= 4 is 28.9 Å². The zero-order chi connectivity index (χ0) is 20.2. The number of rotatable bonds is 5. The fourth-order valence-electron chi connectivity index (χ4n) is 3.69. The summed E-state index contributed by atoms with van der Waals surface area (Å²) in [7, 11) is 0. The second kappa shape index (κ2) is 8.59. The van der Waals surface area contributed by atoms with Crippen LogP contribution >= 0.6 is 11.3 Å². The molecule has 3 N–H and O–H groups in total. The van der Waals surface area contributed by atoms with Crippen LogP contribution in [0, 0.1) is 0 Å². The average Bonchev–Trinajstić information content (AvgIpc) is 3.29.